The summed E-state index contributed by atoms with van der Waals surface area (Å²) in [7, 11) is 0. The van der Waals surface area contributed by atoms with Gasteiger partial charge in [0.1, 0.15) is 0 Å². The zero-order chi connectivity index (χ0) is 18.2. The number of carbonyl (C=O) groups excluding carboxylic acids is 1. The van der Waals surface area contributed by atoms with Crippen molar-refractivity contribution in [2.45, 2.75) is 26.1 Å². The van der Waals surface area contributed by atoms with E-state index in [2.05, 4.69) is 15.5 Å². The van der Waals surface area contributed by atoms with Gasteiger partial charge in [0, 0.05) is 6.20 Å². The smallest absolute Gasteiger partial charge is 0.345 e. The minimum Gasteiger partial charge on any atom is -0.345 e. The quantitative estimate of drug-likeness (QED) is 0.775. The fourth-order valence-corrected chi connectivity index (χ4v) is 2.42. The molecule has 1 amide bonds. The van der Waals surface area contributed by atoms with E-state index in [4.69, 9.17) is 4.52 Å². The molecule has 2 aromatic heterocycles. The standard InChI is InChI=1S/C17H14F3N3O2/c1-9(11-4-3-5-13(6-11)17(18,19)20)22-15(24)12-7-14-10(2)23-25-16(14)21-8-12/h3-9H,1-2H3,(H,22,24)/t9-/m0/s1. The van der Waals surface area contributed by atoms with Crippen LogP contribution in [0.4, 0.5) is 13.2 Å². The SMILES string of the molecule is Cc1noc2ncc(C(=O)N[C@@H](C)c3cccc(C(F)(F)F)c3)cc12. The number of aryl methyl sites for hydroxylation is 1. The van der Waals surface area contributed by atoms with E-state index >= 15 is 0 Å². The Labute approximate surface area is 140 Å². The molecule has 0 aliphatic rings. The lowest BCUT2D eigenvalue weighted by Gasteiger charge is -2.16. The molecule has 0 unspecified atom stereocenters. The summed E-state index contributed by atoms with van der Waals surface area (Å²) in [5, 5.41) is 7.04. The van der Waals surface area contributed by atoms with Gasteiger partial charge in [-0.15, -0.1) is 0 Å². The fourth-order valence-electron chi connectivity index (χ4n) is 2.42. The van der Waals surface area contributed by atoms with Crippen LogP contribution in [-0.4, -0.2) is 16.0 Å². The molecule has 130 valence electrons. The van der Waals surface area contributed by atoms with Crippen LogP contribution in [-0.2, 0) is 6.18 Å². The van der Waals surface area contributed by atoms with Crippen LogP contribution < -0.4 is 5.32 Å². The molecule has 25 heavy (non-hydrogen) atoms. The molecule has 2 heterocycles. The normalized spacial score (nSPS) is 13.0. The highest BCUT2D eigenvalue weighted by atomic mass is 19.4. The van der Waals surface area contributed by atoms with Gasteiger partial charge in [-0.05, 0) is 37.6 Å². The summed E-state index contributed by atoms with van der Waals surface area (Å²) in [6.45, 7) is 3.34. The Hall–Kier alpha value is -2.90. The molecule has 0 aliphatic carbocycles. The van der Waals surface area contributed by atoms with Crippen molar-refractivity contribution in [1.29, 1.82) is 0 Å². The lowest BCUT2D eigenvalue weighted by atomic mass is 10.0. The fraction of sp³-hybridized carbons (Fsp3) is 0.235. The summed E-state index contributed by atoms with van der Waals surface area (Å²) in [4.78, 5) is 16.4. The van der Waals surface area contributed by atoms with E-state index in [9.17, 15) is 18.0 Å². The number of pyridine rings is 1. The van der Waals surface area contributed by atoms with Gasteiger partial charge in [0.15, 0.2) is 0 Å². The molecule has 0 saturated heterocycles. The second-order valence-electron chi connectivity index (χ2n) is 5.66. The Morgan fingerprint density at radius 2 is 2.04 bits per heavy atom. The van der Waals surface area contributed by atoms with Crippen molar-refractivity contribution in [1.82, 2.24) is 15.5 Å². The molecular formula is C17H14F3N3O2. The Bertz CT molecular complexity index is 934. The van der Waals surface area contributed by atoms with Gasteiger partial charge in [0.2, 0.25) is 0 Å². The number of hydrogen-bond acceptors (Lipinski definition) is 4. The first-order valence-corrected chi connectivity index (χ1v) is 7.46. The Kier molecular flexibility index (Phi) is 4.20. The van der Waals surface area contributed by atoms with Gasteiger partial charge in [-0.2, -0.15) is 13.2 Å². The van der Waals surface area contributed by atoms with E-state index in [-0.39, 0.29) is 5.56 Å². The number of rotatable bonds is 3. The molecule has 0 aliphatic heterocycles. The highest BCUT2D eigenvalue weighted by Crippen LogP contribution is 2.30. The molecule has 3 aromatic rings. The number of halogens is 3. The summed E-state index contributed by atoms with van der Waals surface area (Å²) in [6, 6.07) is 5.85. The summed E-state index contributed by atoms with van der Waals surface area (Å²) >= 11 is 0. The van der Waals surface area contributed by atoms with Crippen molar-refractivity contribution in [2.24, 2.45) is 0 Å². The number of aromatic nitrogens is 2. The van der Waals surface area contributed by atoms with Gasteiger partial charge in [-0.3, -0.25) is 4.79 Å². The number of amides is 1. The van der Waals surface area contributed by atoms with Gasteiger partial charge in [0.25, 0.3) is 11.6 Å². The van der Waals surface area contributed by atoms with Crippen LogP contribution in [0.25, 0.3) is 11.1 Å². The number of hydrogen-bond donors (Lipinski definition) is 1. The van der Waals surface area contributed by atoms with Crippen molar-refractivity contribution < 1.29 is 22.5 Å². The summed E-state index contributed by atoms with van der Waals surface area (Å²) in [5.74, 6) is -0.445. The van der Waals surface area contributed by atoms with Crippen molar-refractivity contribution >= 4 is 17.0 Å². The van der Waals surface area contributed by atoms with Crippen molar-refractivity contribution in [3.05, 3.63) is 58.9 Å². The molecule has 1 aromatic carbocycles. The molecule has 0 bridgehead atoms. The highest BCUT2D eigenvalue weighted by Gasteiger charge is 2.30. The maximum atomic E-state index is 12.8. The average Bonchev–Trinajstić information content (AvgIpc) is 2.95. The molecule has 1 N–H and O–H groups in total. The van der Waals surface area contributed by atoms with Gasteiger partial charge in [-0.25, -0.2) is 4.98 Å². The van der Waals surface area contributed by atoms with Crippen LogP contribution in [0, 0.1) is 6.92 Å². The third-order valence-electron chi connectivity index (χ3n) is 3.83. The first kappa shape index (κ1) is 16.9. The molecular weight excluding hydrogens is 335 g/mol. The van der Waals surface area contributed by atoms with E-state index < -0.39 is 23.7 Å². The molecule has 5 nitrogen and oxygen atoms in total. The van der Waals surface area contributed by atoms with Crippen molar-refractivity contribution in [3.63, 3.8) is 0 Å². The Balaban J connectivity index is 1.81. The molecule has 8 heteroatoms. The van der Waals surface area contributed by atoms with Gasteiger partial charge in [-0.1, -0.05) is 17.3 Å². The average molecular weight is 349 g/mol. The largest absolute Gasteiger partial charge is 0.416 e. The lowest BCUT2D eigenvalue weighted by Crippen LogP contribution is -2.27. The van der Waals surface area contributed by atoms with Gasteiger partial charge >= 0.3 is 6.18 Å². The molecule has 3 rings (SSSR count). The minimum absolute atomic E-state index is 0.276. The first-order chi connectivity index (χ1) is 11.8. The van der Waals surface area contributed by atoms with Crippen molar-refractivity contribution in [2.75, 3.05) is 0 Å². The molecule has 0 radical (unpaired) electrons. The van der Waals surface area contributed by atoms with Gasteiger partial charge in [0.05, 0.1) is 28.2 Å². The molecule has 1 atom stereocenters. The van der Waals surface area contributed by atoms with E-state index in [1.165, 1.54) is 18.3 Å². The second kappa shape index (κ2) is 6.19. The minimum atomic E-state index is -4.43. The van der Waals surface area contributed by atoms with Crippen molar-refractivity contribution in [3.8, 4) is 0 Å². The first-order valence-electron chi connectivity index (χ1n) is 7.46. The maximum absolute atomic E-state index is 12.8. The van der Waals surface area contributed by atoms with E-state index in [0.717, 1.165) is 12.1 Å². The molecule has 0 saturated carbocycles. The zero-order valence-electron chi connectivity index (χ0n) is 13.4. The summed E-state index contributed by atoms with van der Waals surface area (Å²) in [6.07, 6.45) is -3.10. The second-order valence-corrected chi connectivity index (χ2v) is 5.66. The van der Waals surface area contributed by atoms with E-state index in [1.807, 2.05) is 0 Å². The number of benzene rings is 1. The number of carbonyl (C=O) groups is 1. The van der Waals surface area contributed by atoms with Crippen LogP contribution in [0.5, 0.6) is 0 Å². The molecule has 0 spiro atoms. The third-order valence-corrected chi connectivity index (χ3v) is 3.83. The van der Waals surface area contributed by atoms with Crippen LogP contribution >= 0.6 is 0 Å². The predicted octanol–water partition coefficient (Wildman–Crippen LogP) is 4.04. The maximum Gasteiger partial charge on any atom is 0.416 e. The summed E-state index contributed by atoms with van der Waals surface area (Å²) < 4.78 is 43.4. The van der Waals surface area contributed by atoms with E-state index in [1.54, 1.807) is 19.9 Å². The van der Waals surface area contributed by atoms with Gasteiger partial charge < -0.3 is 9.84 Å². The Morgan fingerprint density at radius 1 is 1.28 bits per heavy atom. The third kappa shape index (κ3) is 3.47. The number of fused-ring (bicyclic) bond motifs is 1. The summed E-state index contributed by atoms with van der Waals surface area (Å²) in [5.41, 5.74) is 0.799. The lowest BCUT2D eigenvalue weighted by molar-refractivity contribution is -0.137. The highest BCUT2D eigenvalue weighted by molar-refractivity contribution is 5.97. The molecule has 0 fully saturated rings. The number of nitrogens with zero attached hydrogens (tertiary/aromatic N) is 2. The Morgan fingerprint density at radius 3 is 2.76 bits per heavy atom. The van der Waals surface area contributed by atoms with Crippen LogP contribution in [0.15, 0.2) is 41.1 Å². The zero-order valence-corrected chi connectivity index (χ0v) is 13.4. The van der Waals surface area contributed by atoms with E-state index in [0.29, 0.717) is 22.4 Å². The monoisotopic (exact) mass is 349 g/mol. The number of alkyl halides is 3. The van der Waals surface area contributed by atoms with Crippen LogP contribution in [0.2, 0.25) is 0 Å². The van der Waals surface area contributed by atoms with Crippen LogP contribution in [0.1, 0.15) is 40.1 Å². The predicted molar refractivity (Wildman–Crippen MR) is 83.9 cm³/mol. The number of nitrogens with one attached hydrogen (secondary N) is 1. The topological polar surface area (TPSA) is 68.0 Å². The van der Waals surface area contributed by atoms with Crippen LogP contribution in [0.3, 0.4) is 0 Å².